The van der Waals surface area contributed by atoms with Crippen molar-refractivity contribution in [2.24, 2.45) is 11.8 Å². The molecule has 0 aromatic carbocycles. The summed E-state index contributed by atoms with van der Waals surface area (Å²) in [4.78, 5) is 2.37. The van der Waals surface area contributed by atoms with E-state index < -0.39 is 0 Å². The molecule has 2 unspecified atom stereocenters. The van der Waals surface area contributed by atoms with Crippen molar-refractivity contribution in [2.75, 3.05) is 26.2 Å². The number of aliphatic hydroxyl groups excluding tert-OH is 1. The lowest BCUT2D eigenvalue weighted by molar-refractivity contribution is 0.168. The van der Waals surface area contributed by atoms with Gasteiger partial charge in [0.2, 0.25) is 0 Å². The Kier molecular flexibility index (Phi) is 11.7. The van der Waals surface area contributed by atoms with E-state index >= 15 is 0 Å². The molecule has 0 fully saturated rings. The van der Waals surface area contributed by atoms with Crippen LogP contribution in [0.1, 0.15) is 54.4 Å². The summed E-state index contributed by atoms with van der Waals surface area (Å²) in [6, 6.07) is 0. The van der Waals surface area contributed by atoms with Gasteiger partial charge in [-0.25, -0.2) is 0 Å². The number of hydrogen-bond acceptors (Lipinski definition) is 2. The van der Waals surface area contributed by atoms with Gasteiger partial charge < -0.3 is 5.11 Å². The first-order valence-electron chi connectivity index (χ1n) is 9.08. The van der Waals surface area contributed by atoms with E-state index in [1.807, 2.05) is 0 Å². The van der Waals surface area contributed by atoms with E-state index in [-0.39, 0.29) is 6.61 Å². The highest BCUT2D eigenvalue weighted by atomic mass is 16.3. The molecule has 0 amide bonds. The first-order chi connectivity index (χ1) is 11.2. The zero-order valence-corrected chi connectivity index (χ0v) is 16.9. The Morgan fingerprint density at radius 1 is 0.833 bits per heavy atom. The second-order valence-corrected chi connectivity index (χ2v) is 7.60. The molecule has 2 heteroatoms. The standard InChI is InChI=1S/C22H39NO/c1-17(2)9-11-21(19(5)6)15-23(13-14-24)16-22(20(7)8)12-10-18(3)4/h9-10,21-22,24H,5,7,11-16H2,1-4,6,8H3. The summed E-state index contributed by atoms with van der Waals surface area (Å²) in [5.41, 5.74) is 5.12. The molecule has 0 aliphatic rings. The third-order valence-corrected chi connectivity index (χ3v) is 4.39. The van der Waals surface area contributed by atoms with Gasteiger partial charge in [-0.05, 0) is 66.2 Å². The summed E-state index contributed by atoms with van der Waals surface area (Å²) in [7, 11) is 0. The van der Waals surface area contributed by atoms with Gasteiger partial charge in [-0.15, -0.1) is 0 Å². The minimum Gasteiger partial charge on any atom is -0.395 e. The van der Waals surface area contributed by atoms with Crippen LogP contribution in [-0.4, -0.2) is 36.2 Å². The zero-order valence-electron chi connectivity index (χ0n) is 16.9. The first kappa shape index (κ1) is 22.9. The van der Waals surface area contributed by atoms with Gasteiger partial charge in [0.15, 0.2) is 0 Å². The third-order valence-electron chi connectivity index (χ3n) is 4.39. The largest absolute Gasteiger partial charge is 0.395 e. The Balaban J connectivity index is 5.02. The molecule has 2 nitrogen and oxygen atoms in total. The van der Waals surface area contributed by atoms with Crippen molar-refractivity contribution in [1.82, 2.24) is 4.90 Å². The molecule has 0 heterocycles. The summed E-state index contributed by atoms with van der Waals surface area (Å²) >= 11 is 0. The average Bonchev–Trinajstić information content (AvgIpc) is 2.46. The lowest BCUT2D eigenvalue weighted by Crippen LogP contribution is -2.36. The van der Waals surface area contributed by atoms with E-state index in [1.165, 1.54) is 22.3 Å². The van der Waals surface area contributed by atoms with Crippen molar-refractivity contribution in [3.05, 3.63) is 47.6 Å². The van der Waals surface area contributed by atoms with Crippen molar-refractivity contribution in [3.8, 4) is 0 Å². The number of aliphatic hydroxyl groups is 1. The quantitative estimate of drug-likeness (QED) is 0.485. The fraction of sp³-hybridized carbons (Fsp3) is 0.636. The Morgan fingerprint density at radius 2 is 1.21 bits per heavy atom. The molecule has 138 valence electrons. The zero-order chi connectivity index (χ0) is 18.7. The molecule has 0 aromatic rings. The number of hydrogen-bond donors (Lipinski definition) is 1. The lowest BCUT2D eigenvalue weighted by Gasteiger charge is -2.30. The van der Waals surface area contributed by atoms with Gasteiger partial charge in [0.1, 0.15) is 0 Å². The van der Waals surface area contributed by atoms with Crippen molar-refractivity contribution in [3.63, 3.8) is 0 Å². The van der Waals surface area contributed by atoms with Crippen molar-refractivity contribution in [2.45, 2.75) is 54.4 Å². The fourth-order valence-corrected chi connectivity index (χ4v) is 2.64. The fourth-order valence-electron chi connectivity index (χ4n) is 2.64. The van der Waals surface area contributed by atoms with Gasteiger partial charge in [0, 0.05) is 19.6 Å². The SMILES string of the molecule is C=C(C)C(CC=C(C)C)CN(CCO)CC(CC=C(C)C)C(=C)C. The molecule has 0 rings (SSSR count). The molecule has 0 saturated carbocycles. The highest BCUT2D eigenvalue weighted by Crippen LogP contribution is 2.21. The van der Waals surface area contributed by atoms with Crippen LogP contribution in [0.4, 0.5) is 0 Å². The van der Waals surface area contributed by atoms with E-state index in [0.29, 0.717) is 18.4 Å². The molecule has 24 heavy (non-hydrogen) atoms. The van der Waals surface area contributed by atoms with Gasteiger partial charge in [-0.3, -0.25) is 4.90 Å². The minimum atomic E-state index is 0.192. The monoisotopic (exact) mass is 333 g/mol. The molecular weight excluding hydrogens is 294 g/mol. The molecule has 0 aliphatic heterocycles. The van der Waals surface area contributed by atoms with E-state index in [1.54, 1.807) is 0 Å². The molecule has 0 aromatic heterocycles. The van der Waals surface area contributed by atoms with E-state index in [9.17, 15) is 5.11 Å². The van der Waals surface area contributed by atoms with Gasteiger partial charge >= 0.3 is 0 Å². The van der Waals surface area contributed by atoms with Crippen molar-refractivity contribution < 1.29 is 5.11 Å². The first-order valence-corrected chi connectivity index (χ1v) is 9.08. The van der Waals surface area contributed by atoms with Gasteiger partial charge in [-0.1, -0.05) is 47.6 Å². The van der Waals surface area contributed by atoms with Crippen LogP contribution in [0.25, 0.3) is 0 Å². The number of rotatable bonds is 12. The Hall–Kier alpha value is -1.12. The molecule has 2 atom stereocenters. The third kappa shape index (κ3) is 10.6. The maximum absolute atomic E-state index is 9.47. The Labute approximate surface area is 150 Å². The van der Waals surface area contributed by atoms with Crippen LogP contribution in [-0.2, 0) is 0 Å². The van der Waals surface area contributed by atoms with Crippen LogP contribution in [0.3, 0.4) is 0 Å². The van der Waals surface area contributed by atoms with Gasteiger partial charge in [-0.2, -0.15) is 0 Å². The minimum absolute atomic E-state index is 0.192. The highest BCUT2D eigenvalue weighted by Gasteiger charge is 2.18. The van der Waals surface area contributed by atoms with E-state index in [0.717, 1.165) is 25.9 Å². The molecule has 1 N–H and O–H groups in total. The van der Waals surface area contributed by atoms with Crippen LogP contribution in [0.2, 0.25) is 0 Å². The van der Waals surface area contributed by atoms with Crippen molar-refractivity contribution >= 4 is 0 Å². The normalized spacial score (nSPS) is 13.3. The second-order valence-electron chi connectivity index (χ2n) is 7.60. The molecule has 0 radical (unpaired) electrons. The summed E-state index contributed by atoms with van der Waals surface area (Å²) in [5.74, 6) is 0.862. The van der Waals surface area contributed by atoms with Crippen LogP contribution < -0.4 is 0 Å². The van der Waals surface area contributed by atoms with Crippen LogP contribution in [0.5, 0.6) is 0 Å². The highest BCUT2D eigenvalue weighted by molar-refractivity contribution is 5.06. The molecule has 0 saturated heterocycles. The summed E-state index contributed by atoms with van der Waals surface area (Å²) in [6.07, 6.45) is 6.61. The summed E-state index contributed by atoms with van der Waals surface area (Å²) in [6.45, 7) is 23.9. The molecular formula is C22H39NO. The maximum Gasteiger partial charge on any atom is 0.0558 e. The van der Waals surface area contributed by atoms with Crippen LogP contribution >= 0.6 is 0 Å². The molecule has 0 aliphatic carbocycles. The smallest absolute Gasteiger partial charge is 0.0558 e. The number of allylic oxidation sites excluding steroid dienone is 4. The Morgan fingerprint density at radius 3 is 1.46 bits per heavy atom. The van der Waals surface area contributed by atoms with E-state index in [2.05, 4.69) is 71.8 Å². The van der Waals surface area contributed by atoms with Crippen LogP contribution in [0.15, 0.2) is 47.6 Å². The predicted molar refractivity (Wildman–Crippen MR) is 108 cm³/mol. The summed E-state index contributed by atoms with van der Waals surface area (Å²) in [5, 5.41) is 9.47. The maximum atomic E-state index is 9.47. The van der Waals surface area contributed by atoms with Crippen molar-refractivity contribution in [1.29, 1.82) is 0 Å². The van der Waals surface area contributed by atoms with E-state index in [4.69, 9.17) is 0 Å². The number of nitrogens with zero attached hydrogens (tertiary/aromatic N) is 1. The second kappa shape index (κ2) is 12.3. The predicted octanol–water partition coefficient (Wildman–Crippen LogP) is 5.38. The molecule has 0 spiro atoms. The Bertz CT molecular complexity index is 411. The van der Waals surface area contributed by atoms with Gasteiger partial charge in [0.25, 0.3) is 0 Å². The van der Waals surface area contributed by atoms with Crippen LogP contribution in [0, 0.1) is 11.8 Å². The van der Waals surface area contributed by atoms with Gasteiger partial charge in [0.05, 0.1) is 6.61 Å². The summed E-state index contributed by atoms with van der Waals surface area (Å²) < 4.78 is 0. The average molecular weight is 334 g/mol. The topological polar surface area (TPSA) is 23.5 Å². The lowest BCUT2D eigenvalue weighted by atomic mass is 9.93. The molecule has 0 bridgehead atoms.